The molecule has 0 atom stereocenters. The Morgan fingerprint density at radius 1 is 1.16 bits per heavy atom. The van der Waals surface area contributed by atoms with Crippen LogP contribution in [0.15, 0.2) is 24.3 Å². The monoisotopic (exact) mass is 371 g/mol. The predicted molar refractivity (Wildman–Crippen MR) is 100 cm³/mol. The van der Waals surface area contributed by atoms with Gasteiger partial charge in [-0.1, -0.05) is 44.5 Å². The Kier molecular flexibility index (Phi) is 4.89. The average molecular weight is 372 g/mol. The maximum Gasteiger partial charge on any atom is 0.192 e. The third kappa shape index (κ3) is 4.06. The molecule has 0 fully saturated rings. The molecule has 3 aromatic rings. The van der Waals surface area contributed by atoms with Crippen molar-refractivity contribution >= 4 is 22.9 Å². The summed E-state index contributed by atoms with van der Waals surface area (Å²) in [5.41, 5.74) is 2.74. The first-order chi connectivity index (χ1) is 11.9. The lowest BCUT2D eigenvalue weighted by atomic mass is 9.90. The van der Waals surface area contributed by atoms with Crippen LogP contribution in [0.5, 0.6) is 0 Å². The Bertz CT molecular complexity index is 912. The lowest BCUT2D eigenvalue weighted by Gasteiger charge is -2.17. The highest BCUT2D eigenvalue weighted by Gasteiger charge is 2.21. The van der Waals surface area contributed by atoms with Crippen molar-refractivity contribution in [3.63, 3.8) is 0 Å². The molecule has 0 unspecified atom stereocenters. The van der Waals surface area contributed by atoms with E-state index in [-0.39, 0.29) is 11.1 Å². The predicted octanol–water partition coefficient (Wildman–Crippen LogP) is 5.10. The van der Waals surface area contributed by atoms with Crippen molar-refractivity contribution in [2.45, 2.75) is 33.6 Å². The maximum absolute atomic E-state index is 9.26. The third-order valence-corrected chi connectivity index (χ3v) is 5.18. The van der Waals surface area contributed by atoms with E-state index in [9.17, 15) is 5.26 Å². The first-order valence-electron chi connectivity index (χ1n) is 7.94. The van der Waals surface area contributed by atoms with Crippen molar-refractivity contribution in [1.29, 1.82) is 5.26 Å². The molecule has 7 heteroatoms. The van der Waals surface area contributed by atoms with Crippen LogP contribution in [0, 0.1) is 16.7 Å². The summed E-state index contributed by atoms with van der Waals surface area (Å²) >= 11 is 7.61. The largest absolute Gasteiger partial charge is 0.234 e. The van der Waals surface area contributed by atoms with E-state index in [1.54, 1.807) is 11.3 Å². The first-order valence-corrected chi connectivity index (χ1v) is 9.14. The highest BCUT2D eigenvalue weighted by atomic mass is 35.5. The molecule has 0 bridgehead atoms. The van der Waals surface area contributed by atoms with Gasteiger partial charge in [0.1, 0.15) is 16.8 Å². The summed E-state index contributed by atoms with van der Waals surface area (Å²) in [6.45, 7) is 6.64. The van der Waals surface area contributed by atoms with Crippen LogP contribution in [0.3, 0.4) is 0 Å². The Balaban J connectivity index is 2.05. The number of benzene rings is 1. The zero-order chi connectivity index (χ0) is 18.0. The molecule has 0 saturated carbocycles. The number of nitrogens with zero attached hydrogens (tertiary/aromatic N) is 4. The second-order valence-corrected chi connectivity index (χ2v) is 8.51. The molecular weight excluding hydrogens is 354 g/mol. The van der Waals surface area contributed by atoms with E-state index in [2.05, 4.69) is 42.3 Å². The normalized spacial score (nSPS) is 11.5. The molecule has 128 valence electrons. The van der Waals surface area contributed by atoms with Gasteiger partial charge in [-0.15, -0.1) is 16.4 Å². The van der Waals surface area contributed by atoms with Crippen LogP contribution in [-0.2, 0) is 6.42 Å². The average Bonchev–Trinajstić information content (AvgIpc) is 3.19. The SMILES string of the molecule is CC(C)(C)CCc1sc(-c2ccc(Cl)cc2)nc1-c1n[nH]nc1C#N. The number of aromatic amines is 1. The number of aromatic nitrogens is 4. The number of rotatable bonds is 4. The molecule has 1 aromatic carbocycles. The molecule has 0 saturated heterocycles. The van der Waals surface area contributed by atoms with Crippen molar-refractivity contribution in [2.24, 2.45) is 5.41 Å². The molecule has 25 heavy (non-hydrogen) atoms. The van der Waals surface area contributed by atoms with Gasteiger partial charge < -0.3 is 0 Å². The highest BCUT2D eigenvalue weighted by Crippen LogP contribution is 2.36. The minimum atomic E-state index is 0.212. The van der Waals surface area contributed by atoms with Crippen LogP contribution in [0.2, 0.25) is 5.02 Å². The van der Waals surface area contributed by atoms with E-state index in [4.69, 9.17) is 16.6 Å². The number of thiazole rings is 1. The van der Waals surface area contributed by atoms with Gasteiger partial charge in [0.05, 0.1) is 0 Å². The van der Waals surface area contributed by atoms with Gasteiger partial charge in [-0.05, 0) is 30.4 Å². The number of H-pyrrole nitrogens is 1. The van der Waals surface area contributed by atoms with Crippen molar-refractivity contribution in [1.82, 2.24) is 20.4 Å². The molecular formula is C18H18ClN5S. The van der Waals surface area contributed by atoms with Crippen molar-refractivity contribution in [3.05, 3.63) is 39.9 Å². The van der Waals surface area contributed by atoms with Crippen molar-refractivity contribution in [3.8, 4) is 28.0 Å². The number of aryl methyl sites for hydroxylation is 1. The van der Waals surface area contributed by atoms with Crippen molar-refractivity contribution < 1.29 is 0 Å². The van der Waals surface area contributed by atoms with Crippen LogP contribution in [0.25, 0.3) is 22.0 Å². The van der Waals surface area contributed by atoms with Crippen molar-refractivity contribution in [2.75, 3.05) is 0 Å². The highest BCUT2D eigenvalue weighted by molar-refractivity contribution is 7.15. The van der Waals surface area contributed by atoms with E-state index in [0.717, 1.165) is 34.0 Å². The molecule has 0 spiro atoms. The summed E-state index contributed by atoms with van der Waals surface area (Å²) in [5.74, 6) is 0. The number of nitrogens with one attached hydrogen (secondary N) is 1. The minimum Gasteiger partial charge on any atom is -0.234 e. The van der Waals surface area contributed by atoms with E-state index in [1.165, 1.54) is 0 Å². The molecule has 0 radical (unpaired) electrons. The lowest BCUT2D eigenvalue weighted by Crippen LogP contribution is -2.06. The standard InChI is InChI=1S/C18H18ClN5S/c1-18(2,3)9-8-14-16(15-13(10-20)22-24-23-15)21-17(25-14)11-4-6-12(19)7-5-11/h4-7H,8-9H2,1-3H3,(H,22,23,24). The fourth-order valence-corrected chi connectivity index (χ4v) is 3.58. The van der Waals surface area contributed by atoms with E-state index in [0.29, 0.717) is 10.7 Å². The molecule has 2 heterocycles. The minimum absolute atomic E-state index is 0.212. The first kappa shape index (κ1) is 17.6. The molecule has 5 nitrogen and oxygen atoms in total. The fourth-order valence-electron chi connectivity index (χ4n) is 2.38. The summed E-state index contributed by atoms with van der Waals surface area (Å²) in [4.78, 5) is 5.88. The van der Waals surface area contributed by atoms with Gasteiger partial charge in [-0.3, -0.25) is 0 Å². The zero-order valence-corrected chi connectivity index (χ0v) is 15.9. The molecule has 0 aliphatic rings. The molecule has 1 N–H and O–H groups in total. The van der Waals surface area contributed by atoms with Crippen LogP contribution in [-0.4, -0.2) is 20.4 Å². The number of hydrogen-bond donors (Lipinski definition) is 1. The van der Waals surface area contributed by atoms with E-state index < -0.39 is 0 Å². The summed E-state index contributed by atoms with van der Waals surface area (Å²) in [7, 11) is 0. The van der Waals surface area contributed by atoms with Gasteiger partial charge in [0.25, 0.3) is 0 Å². The molecule has 3 rings (SSSR count). The van der Waals surface area contributed by atoms with Gasteiger partial charge in [-0.25, -0.2) is 4.98 Å². The number of halogens is 1. The quantitative estimate of drug-likeness (QED) is 0.692. The Morgan fingerprint density at radius 2 is 1.88 bits per heavy atom. The second-order valence-electron chi connectivity index (χ2n) is 6.99. The summed E-state index contributed by atoms with van der Waals surface area (Å²) in [6.07, 6.45) is 1.89. The summed E-state index contributed by atoms with van der Waals surface area (Å²) in [6, 6.07) is 9.68. The summed E-state index contributed by atoms with van der Waals surface area (Å²) in [5, 5.41) is 21.4. The van der Waals surface area contributed by atoms with Crippen LogP contribution in [0.1, 0.15) is 37.8 Å². The number of nitriles is 1. The van der Waals surface area contributed by atoms with Gasteiger partial charge in [0, 0.05) is 15.5 Å². The fraction of sp³-hybridized carbons (Fsp3) is 0.333. The van der Waals surface area contributed by atoms with Gasteiger partial charge in [0.2, 0.25) is 0 Å². The van der Waals surface area contributed by atoms with Crippen LogP contribution >= 0.6 is 22.9 Å². The maximum atomic E-state index is 9.26. The summed E-state index contributed by atoms with van der Waals surface area (Å²) < 4.78 is 0. The Morgan fingerprint density at radius 3 is 2.52 bits per heavy atom. The van der Waals surface area contributed by atoms with Crippen LogP contribution in [0.4, 0.5) is 0 Å². The smallest absolute Gasteiger partial charge is 0.192 e. The lowest BCUT2D eigenvalue weighted by molar-refractivity contribution is 0.379. The Hall–Kier alpha value is -2.23. The molecule has 0 aliphatic heterocycles. The van der Waals surface area contributed by atoms with Crippen LogP contribution < -0.4 is 0 Å². The van der Waals surface area contributed by atoms with E-state index in [1.807, 2.05) is 24.3 Å². The second kappa shape index (κ2) is 6.95. The molecule has 2 aromatic heterocycles. The van der Waals surface area contributed by atoms with Gasteiger partial charge >= 0.3 is 0 Å². The Labute approximate surface area is 155 Å². The van der Waals surface area contributed by atoms with Gasteiger partial charge in [0.15, 0.2) is 11.4 Å². The topological polar surface area (TPSA) is 78.2 Å². The molecule has 0 amide bonds. The molecule has 0 aliphatic carbocycles. The van der Waals surface area contributed by atoms with E-state index >= 15 is 0 Å². The zero-order valence-electron chi connectivity index (χ0n) is 14.3. The number of hydrogen-bond acceptors (Lipinski definition) is 5. The third-order valence-electron chi connectivity index (χ3n) is 3.77. The van der Waals surface area contributed by atoms with Gasteiger partial charge in [-0.2, -0.15) is 15.6 Å².